The molecule has 1 nitrogen and oxygen atoms in total. The number of aryl methyl sites for hydroxylation is 1. The minimum atomic E-state index is 0.747. The third-order valence-electron chi connectivity index (χ3n) is 3.00. The van der Waals surface area contributed by atoms with Crippen molar-refractivity contribution in [2.24, 2.45) is 0 Å². The van der Waals surface area contributed by atoms with Crippen molar-refractivity contribution in [3.8, 4) is 11.8 Å². The molecule has 2 heteroatoms. The summed E-state index contributed by atoms with van der Waals surface area (Å²) in [4.78, 5) is 2.18. The fourth-order valence-electron chi connectivity index (χ4n) is 1.87. The average Bonchev–Trinajstić information content (AvgIpc) is 2.44. The molecule has 20 heavy (non-hydrogen) atoms. The molecule has 0 radical (unpaired) electrons. The van der Waals surface area contributed by atoms with E-state index in [2.05, 4.69) is 55.0 Å². The largest absolute Gasteiger partial charge is 0.291 e. The third-order valence-corrected chi connectivity index (χ3v) is 3.25. The van der Waals surface area contributed by atoms with E-state index in [1.165, 1.54) is 11.1 Å². The number of hydrogen-bond acceptors (Lipinski definition) is 1. The summed E-state index contributed by atoms with van der Waals surface area (Å²) in [5.41, 5.74) is 3.57. The van der Waals surface area contributed by atoms with Gasteiger partial charge < -0.3 is 0 Å². The maximum absolute atomic E-state index is 5.87. The molecule has 102 valence electrons. The van der Waals surface area contributed by atoms with Gasteiger partial charge in [-0.15, -0.1) is 0 Å². The van der Waals surface area contributed by atoms with Gasteiger partial charge in [0, 0.05) is 17.1 Å². The summed E-state index contributed by atoms with van der Waals surface area (Å²) in [5.74, 6) is 6.39. The van der Waals surface area contributed by atoms with E-state index in [1.807, 2.05) is 24.3 Å². The highest BCUT2D eigenvalue weighted by Gasteiger charge is 1.98. The van der Waals surface area contributed by atoms with Crippen LogP contribution >= 0.6 is 11.6 Å². The van der Waals surface area contributed by atoms with E-state index in [-0.39, 0.29) is 0 Å². The van der Waals surface area contributed by atoms with Crippen LogP contribution in [-0.4, -0.2) is 18.5 Å². The van der Waals surface area contributed by atoms with E-state index in [4.69, 9.17) is 11.6 Å². The first kappa shape index (κ1) is 14.7. The van der Waals surface area contributed by atoms with Crippen LogP contribution in [0.3, 0.4) is 0 Å². The summed E-state index contributed by atoms with van der Waals surface area (Å²) in [6.07, 6.45) is 0. The molecular weight excluding hydrogens is 266 g/mol. The number of nitrogens with zero attached hydrogens (tertiary/aromatic N) is 1. The van der Waals surface area contributed by atoms with Crippen molar-refractivity contribution in [2.45, 2.75) is 13.5 Å². The molecule has 0 aromatic heterocycles. The molecule has 0 aliphatic heterocycles. The van der Waals surface area contributed by atoms with Gasteiger partial charge in [0.25, 0.3) is 0 Å². The van der Waals surface area contributed by atoms with Gasteiger partial charge in [0.15, 0.2) is 0 Å². The van der Waals surface area contributed by atoms with Gasteiger partial charge in [0.05, 0.1) is 6.54 Å². The first-order valence-electron chi connectivity index (χ1n) is 6.62. The predicted octanol–water partition coefficient (Wildman–Crippen LogP) is 4.13. The summed E-state index contributed by atoms with van der Waals surface area (Å²) >= 11 is 5.87. The van der Waals surface area contributed by atoms with Gasteiger partial charge in [-0.05, 0) is 43.8 Å². The number of halogens is 1. The van der Waals surface area contributed by atoms with Crippen molar-refractivity contribution in [1.29, 1.82) is 0 Å². The first-order chi connectivity index (χ1) is 9.63. The first-order valence-corrected chi connectivity index (χ1v) is 7.00. The van der Waals surface area contributed by atoms with Crippen molar-refractivity contribution in [2.75, 3.05) is 13.6 Å². The molecule has 2 aromatic rings. The summed E-state index contributed by atoms with van der Waals surface area (Å²) < 4.78 is 0. The van der Waals surface area contributed by atoms with Crippen molar-refractivity contribution >= 4 is 11.6 Å². The summed E-state index contributed by atoms with van der Waals surface area (Å²) in [6.45, 7) is 3.70. The van der Waals surface area contributed by atoms with E-state index in [9.17, 15) is 0 Å². The highest BCUT2D eigenvalue weighted by Crippen LogP contribution is 2.10. The number of hydrogen-bond donors (Lipinski definition) is 0. The Morgan fingerprint density at radius 3 is 2.30 bits per heavy atom. The molecule has 0 bridgehead atoms. The molecule has 0 heterocycles. The van der Waals surface area contributed by atoms with E-state index < -0.39 is 0 Å². The van der Waals surface area contributed by atoms with Gasteiger partial charge in [0.1, 0.15) is 0 Å². The van der Waals surface area contributed by atoms with Crippen LogP contribution in [0.1, 0.15) is 16.7 Å². The summed E-state index contributed by atoms with van der Waals surface area (Å²) in [7, 11) is 2.07. The van der Waals surface area contributed by atoms with Crippen LogP contribution in [0.25, 0.3) is 0 Å². The molecule has 2 rings (SSSR count). The van der Waals surface area contributed by atoms with Crippen LogP contribution in [0.2, 0.25) is 5.02 Å². The molecular formula is C18H18ClN. The normalized spacial score (nSPS) is 10.2. The molecule has 0 saturated carbocycles. The molecule has 2 aromatic carbocycles. The fourth-order valence-corrected chi connectivity index (χ4v) is 2.00. The Morgan fingerprint density at radius 2 is 1.65 bits per heavy atom. The maximum Gasteiger partial charge on any atom is 0.0605 e. The van der Waals surface area contributed by atoms with Crippen LogP contribution in [0.4, 0.5) is 0 Å². The Labute approximate surface area is 126 Å². The molecule has 0 fully saturated rings. The van der Waals surface area contributed by atoms with E-state index in [0.717, 1.165) is 23.7 Å². The lowest BCUT2D eigenvalue weighted by Crippen LogP contribution is -2.17. The Kier molecular flexibility index (Phi) is 5.24. The molecule has 0 N–H and O–H groups in total. The monoisotopic (exact) mass is 283 g/mol. The minimum Gasteiger partial charge on any atom is -0.291 e. The number of benzene rings is 2. The fraction of sp³-hybridized carbons (Fsp3) is 0.222. The zero-order valence-electron chi connectivity index (χ0n) is 11.9. The Morgan fingerprint density at radius 1 is 1.00 bits per heavy atom. The Balaban J connectivity index is 1.87. The second-order valence-corrected chi connectivity index (χ2v) is 5.40. The van der Waals surface area contributed by atoms with Gasteiger partial charge in [-0.2, -0.15) is 0 Å². The van der Waals surface area contributed by atoms with Crippen LogP contribution in [0.5, 0.6) is 0 Å². The topological polar surface area (TPSA) is 3.24 Å². The molecule has 0 unspecified atom stereocenters. The second kappa shape index (κ2) is 7.14. The summed E-state index contributed by atoms with van der Waals surface area (Å²) in [5, 5.41) is 0.774. The lowest BCUT2D eigenvalue weighted by molar-refractivity contribution is 0.369. The Bertz CT molecular complexity index is 603. The molecule has 0 spiro atoms. The average molecular weight is 284 g/mol. The van der Waals surface area contributed by atoms with Crippen molar-refractivity contribution in [1.82, 2.24) is 4.90 Å². The smallest absolute Gasteiger partial charge is 0.0605 e. The van der Waals surface area contributed by atoms with Gasteiger partial charge in [-0.25, -0.2) is 0 Å². The highest BCUT2D eigenvalue weighted by molar-refractivity contribution is 6.30. The molecule has 0 aliphatic rings. The van der Waals surface area contributed by atoms with Crippen molar-refractivity contribution in [3.05, 3.63) is 70.2 Å². The highest BCUT2D eigenvalue weighted by atomic mass is 35.5. The van der Waals surface area contributed by atoms with E-state index >= 15 is 0 Å². The van der Waals surface area contributed by atoms with Crippen LogP contribution < -0.4 is 0 Å². The standard InChI is InChI=1S/C18H18ClN/c1-15-5-7-16(8-6-15)4-3-13-20(2)14-17-9-11-18(19)12-10-17/h5-12H,13-14H2,1-2H3. The van der Waals surface area contributed by atoms with Crippen LogP contribution in [-0.2, 0) is 6.54 Å². The predicted molar refractivity (Wildman–Crippen MR) is 85.8 cm³/mol. The van der Waals surface area contributed by atoms with Crippen molar-refractivity contribution < 1.29 is 0 Å². The van der Waals surface area contributed by atoms with Gasteiger partial charge in [-0.3, -0.25) is 4.90 Å². The molecule has 0 amide bonds. The second-order valence-electron chi connectivity index (χ2n) is 4.97. The lowest BCUT2D eigenvalue weighted by Gasteiger charge is -2.12. The lowest BCUT2D eigenvalue weighted by atomic mass is 10.1. The van der Waals surface area contributed by atoms with E-state index in [1.54, 1.807) is 0 Å². The molecule has 0 aliphatic carbocycles. The molecule has 0 saturated heterocycles. The van der Waals surface area contributed by atoms with Gasteiger partial charge >= 0.3 is 0 Å². The minimum absolute atomic E-state index is 0.747. The zero-order chi connectivity index (χ0) is 14.4. The summed E-state index contributed by atoms with van der Waals surface area (Å²) in [6, 6.07) is 16.2. The zero-order valence-corrected chi connectivity index (χ0v) is 12.6. The Hall–Kier alpha value is -1.75. The quantitative estimate of drug-likeness (QED) is 0.766. The number of rotatable bonds is 3. The van der Waals surface area contributed by atoms with Crippen LogP contribution in [0.15, 0.2) is 48.5 Å². The van der Waals surface area contributed by atoms with Crippen LogP contribution in [0, 0.1) is 18.8 Å². The van der Waals surface area contributed by atoms with Gasteiger partial charge in [0.2, 0.25) is 0 Å². The van der Waals surface area contributed by atoms with E-state index in [0.29, 0.717) is 0 Å². The SMILES string of the molecule is Cc1ccc(C#CCN(C)Cc2ccc(Cl)cc2)cc1. The molecule has 0 atom stereocenters. The maximum atomic E-state index is 5.87. The third kappa shape index (κ3) is 4.74. The van der Waals surface area contributed by atoms with Gasteiger partial charge in [-0.1, -0.05) is 53.3 Å². The van der Waals surface area contributed by atoms with Crippen molar-refractivity contribution in [3.63, 3.8) is 0 Å².